The van der Waals surface area contributed by atoms with Crippen molar-refractivity contribution in [1.29, 1.82) is 0 Å². The first-order chi connectivity index (χ1) is 14.9. The van der Waals surface area contributed by atoms with E-state index in [1.165, 1.54) is 28.8 Å². The van der Waals surface area contributed by atoms with Crippen molar-refractivity contribution in [3.05, 3.63) is 17.5 Å². The molecule has 2 saturated carbocycles. The van der Waals surface area contributed by atoms with Crippen LogP contribution in [-0.2, 0) is 11.3 Å². The van der Waals surface area contributed by atoms with Gasteiger partial charge in [0.25, 0.3) is 11.8 Å². The Labute approximate surface area is 184 Å². The molecule has 0 unspecified atom stereocenters. The van der Waals surface area contributed by atoms with E-state index in [0.717, 1.165) is 51.4 Å². The number of amides is 3. The molecule has 2 fully saturated rings. The monoisotopic (exact) mass is 429 g/mol. The van der Waals surface area contributed by atoms with Gasteiger partial charge in [-0.1, -0.05) is 44.9 Å². The number of hydrogen-bond donors (Lipinski definition) is 2. The number of likely N-dealkylation sites (N-methyl/N-ethyl adjacent to an activating group) is 1. The molecule has 2 aliphatic carbocycles. The summed E-state index contributed by atoms with van der Waals surface area (Å²) in [6.45, 7) is 2.02. The number of nitrogens with one attached hydrogen (secondary N) is 2. The van der Waals surface area contributed by atoms with Crippen LogP contribution in [0.2, 0.25) is 0 Å². The fraction of sp³-hybridized carbons (Fsp3) is 0.739. The highest BCUT2D eigenvalue weighted by Gasteiger charge is 2.46. The molecule has 2 heterocycles. The standard InChI is InChI=1S/C23H35N5O3/c1-23(22(31)25-17-12-6-3-4-7-13-17)15-28-19(21(30)27(23)2)14-18(26-28)20(29)24-16-10-8-5-9-11-16/h14,16-17H,3-13,15H2,1-2H3,(H,24,29)(H,25,31)/t23-/m0/s1. The molecule has 8 heteroatoms. The van der Waals surface area contributed by atoms with E-state index >= 15 is 0 Å². The predicted octanol–water partition coefficient (Wildman–Crippen LogP) is 2.63. The molecule has 1 aromatic heterocycles. The molecular formula is C23H35N5O3. The van der Waals surface area contributed by atoms with Crippen LogP contribution < -0.4 is 10.6 Å². The molecule has 1 aromatic rings. The summed E-state index contributed by atoms with van der Waals surface area (Å²) in [5.74, 6) is -0.674. The van der Waals surface area contributed by atoms with E-state index in [4.69, 9.17) is 0 Å². The Morgan fingerprint density at radius 2 is 1.52 bits per heavy atom. The molecule has 3 aliphatic rings. The summed E-state index contributed by atoms with van der Waals surface area (Å²) in [6, 6.07) is 1.89. The van der Waals surface area contributed by atoms with E-state index in [0.29, 0.717) is 5.69 Å². The average Bonchev–Trinajstić information content (AvgIpc) is 3.01. The van der Waals surface area contributed by atoms with E-state index < -0.39 is 5.54 Å². The van der Waals surface area contributed by atoms with Gasteiger partial charge in [0.2, 0.25) is 5.91 Å². The Hall–Kier alpha value is -2.38. The van der Waals surface area contributed by atoms with E-state index in [1.54, 1.807) is 20.0 Å². The lowest BCUT2D eigenvalue weighted by Gasteiger charge is -2.41. The van der Waals surface area contributed by atoms with Crippen LogP contribution >= 0.6 is 0 Å². The Morgan fingerprint density at radius 3 is 2.13 bits per heavy atom. The van der Waals surface area contributed by atoms with E-state index in [-0.39, 0.29) is 42.0 Å². The van der Waals surface area contributed by atoms with E-state index in [1.807, 2.05) is 0 Å². The third-order valence-electron chi connectivity index (χ3n) is 7.35. The fourth-order valence-electron chi connectivity index (χ4n) is 5.11. The largest absolute Gasteiger partial charge is 0.351 e. The van der Waals surface area contributed by atoms with Gasteiger partial charge in [0.1, 0.15) is 11.2 Å². The molecule has 0 spiro atoms. The summed E-state index contributed by atoms with van der Waals surface area (Å²) in [4.78, 5) is 40.5. The van der Waals surface area contributed by atoms with E-state index in [9.17, 15) is 14.4 Å². The van der Waals surface area contributed by atoms with Crippen LogP contribution in [0.15, 0.2) is 6.07 Å². The maximum atomic E-state index is 13.2. The SMILES string of the molecule is CN1C(=O)c2cc(C(=O)NC3CCCCC3)nn2C[C@@]1(C)C(=O)NC1CCCCCC1. The van der Waals surface area contributed by atoms with Crippen molar-refractivity contribution in [1.82, 2.24) is 25.3 Å². The van der Waals surface area contributed by atoms with Gasteiger partial charge in [0, 0.05) is 25.2 Å². The molecule has 8 nitrogen and oxygen atoms in total. The molecule has 0 saturated heterocycles. The summed E-state index contributed by atoms with van der Waals surface area (Å²) in [5.41, 5.74) is -0.439. The molecule has 4 rings (SSSR count). The van der Waals surface area contributed by atoms with Gasteiger partial charge in [0.05, 0.1) is 6.54 Å². The minimum Gasteiger partial charge on any atom is -0.351 e. The highest BCUT2D eigenvalue weighted by Crippen LogP contribution is 2.27. The van der Waals surface area contributed by atoms with Crippen LogP contribution in [0.1, 0.15) is 98.5 Å². The molecule has 2 N–H and O–H groups in total. The second-order valence-electron chi connectivity index (χ2n) is 9.68. The average molecular weight is 430 g/mol. The molecule has 1 aliphatic heterocycles. The van der Waals surface area contributed by atoms with Gasteiger partial charge in [-0.2, -0.15) is 5.10 Å². The Balaban J connectivity index is 1.48. The second-order valence-corrected chi connectivity index (χ2v) is 9.68. The van der Waals surface area contributed by atoms with Crippen LogP contribution in [0.25, 0.3) is 0 Å². The Kier molecular flexibility index (Phi) is 6.34. The smallest absolute Gasteiger partial charge is 0.272 e. The molecule has 0 radical (unpaired) electrons. The van der Waals surface area contributed by atoms with Gasteiger partial charge in [-0.25, -0.2) is 0 Å². The lowest BCUT2D eigenvalue weighted by molar-refractivity contribution is -0.133. The third kappa shape index (κ3) is 4.48. The molecule has 0 bridgehead atoms. The summed E-state index contributed by atoms with van der Waals surface area (Å²) < 4.78 is 1.53. The summed E-state index contributed by atoms with van der Waals surface area (Å²) in [7, 11) is 1.66. The third-order valence-corrected chi connectivity index (χ3v) is 7.35. The Bertz CT molecular complexity index is 836. The zero-order chi connectivity index (χ0) is 22.0. The topological polar surface area (TPSA) is 96.3 Å². The van der Waals surface area contributed by atoms with Crippen LogP contribution in [0, 0.1) is 0 Å². The minimum atomic E-state index is -1.04. The highest BCUT2D eigenvalue weighted by atomic mass is 16.2. The fourth-order valence-corrected chi connectivity index (χ4v) is 5.11. The van der Waals surface area contributed by atoms with E-state index in [2.05, 4.69) is 15.7 Å². The Morgan fingerprint density at radius 1 is 0.968 bits per heavy atom. The van der Waals surface area contributed by atoms with Gasteiger partial charge in [-0.3, -0.25) is 19.1 Å². The lowest BCUT2D eigenvalue weighted by Crippen LogP contribution is -2.63. The van der Waals surface area contributed by atoms with Crippen LogP contribution in [0.5, 0.6) is 0 Å². The summed E-state index contributed by atoms with van der Waals surface area (Å²) in [6.07, 6.45) is 12.1. The number of carbonyl (C=O) groups is 3. The number of nitrogens with zero attached hydrogens (tertiary/aromatic N) is 3. The summed E-state index contributed by atoms with van der Waals surface area (Å²) in [5, 5.41) is 10.7. The first-order valence-corrected chi connectivity index (χ1v) is 11.9. The lowest BCUT2D eigenvalue weighted by atomic mass is 9.94. The van der Waals surface area contributed by atoms with Crippen molar-refractivity contribution in [3.63, 3.8) is 0 Å². The van der Waals surface area contributed by atoms with Crippen molar-refractivity contribution < 1.29 is 14.4 Å². The maximum Gasteiger partial charge on any atom is 0.272 e. The van der Waals surface area contributed by atoms with Gasteiger partial charge < -0.3 is 15.5 Å². The summed E-state index contributed by atoms with van der Waals surface area (Å²) >= 11 is 0. The maximum absolute atomic E-state index is 13.2. The van der Waals surface area contributed by atoms with Crippen molar-refractivity contribution in [2.24, 2.45) is 0 Å². The first-order valence-electron chi connectivity index (χ1n) is 11.9. The van der Waals surface area contributed by atoms with Crippen molar-refractivity contribution in [2.75, 3.05) is 7.05 Å². The van der Waals surface area contributed by atoms with Gasteiger partial charge in [-0.05, 0) is 32.6 Å². The first kappa shape index (κ1) is 21.8. The molecule has 3 amide bonds. The molecule has 31 heavy (non-hydrogen) atoms. The van der Waals surface area contributed by atoms with Gasteiger partial charge in [-0.15, -0.1) is 0 Å². The number of fused-ring (bicyclic) bond motifs is 1. The highest BCUT2D eigenvalue weighted by molar-refractivity contribution is 6.01. The van der Waals surface area contributed by atoms with Crippen LogP contribution in [0.4, 0.5) is 0 Å². The minimum absolute atomic E-state index is 0.149. The number of rotatable bonds is 4. The zero-order valence-electron chi connectivity index (χ0n) is 18.8. The van der Waals surface area contributed by atoms with Crippen molar-refractivity contribution in [3.8, 4) is 0 Å². The van der Waals surface area contributed by atoms with Crippen molar-refractivity contribution >= 4 is 17.7 Å². The van der Waals surface area contributed by atoms with Gasteiger partial charge >= 0.3 is 0 Å². The quantitative estimate of drug-likeness (QED) is 0.719. The predicted molar refractivity (Wildman–Crippen MR) is 117 cm³/mol. The second kappa shape index (κ2) is 9.01. The molecule has 1 atom stereocenters. The number of aromatic nitrogens is 2. The number of carbonyl (C=O) groups excluding carboxylic acids is 3. The van der Waals surface area contributed by atoms with Crippen LogP contribution in [-0.4, -0.2) is 57.1 Å². The number of hydrogen-bond acceptors (Lipinski definition) is 4. The van der Waals surface area contributed by atoms with Crippen LogP contribution in [0.3, 0.4) is 0 Å². The molecular weight excluding hydrogens is 394 g/mol. The van der Waals surface area contributed by atoms with Crippen molar-refractivity contribution in [2.45, 2.75) is 102 Å². The molecule has 170 valence electrons. The zero-order valence-corrected chi connectivity index (χ0v) is 18.8. The normalized spacial score (nSPS) is 25.6. The molecule has 0 aromatic carbocycles. The van der Waals surface area contributed by atoms with Gasteiger partial charge in [0.15, 0.2) is 5.69 Å².